The van der Waals surface area contributed by atoms with E-state index in [0.717, 1.165) is 30.7 Å². The molecule has 0 radical (unpaired) electrons. The molecule has 0 spiro atoms. The zero-order chi connectivity index (χ0) is 16.9. The second kappa shape index (κ2) is 7.36. The second-order valence-corrected chi connectivity index (χ2v) is 5.93. The Hall–Kier alpha value is -2.53. The molecule has 2 N–H and O–H groups in total. The van der Waals surface area contributed by atoms with Crippen LogP contribution >= 0.6 is 0 Å². The molecule has 126 valence electrons. The van der Waals surface area contributed by atoms with Gasteiger partial charge in [-0.2, -0.15) is 0 Å². The Labute approximate surface area is 142 Å². The summed E-state index contributed by atoms with van der Waals surface area (Å²) in [6.45, 7) is 1.59. The van der Waals surface area contributed by atoms with Crippen LogP contribution in [-0.2, 0) is 11.3 Å². The maximum Gasteiger partial charge on any atom is 0.234 e. The largest absolute Gasteiger partial charge is 0.493 e. The van der Waals surface area contributed by atoms with E-state index in [1.807, 2.05) is 48.5 Å². The molecular formula is C19H22N2O3. The number of carbonyl (C=O) groups is 1. The first kappa shape index (κ1) is 16.3. The van der Waals surface area contributed by atoms with E-state index in [4.69, 9.17) is 15.2 Å². The molecule has 1 aliphatic rings. The minimum Gasteiger partial charge on any atom is -0.493 e. The van der Waals surface area contributed by atoms with Crippen LogP contribution in [0.5, 0.6) is 17.2 Å². The minimum atomic E-state index is -0.242. The maximum atomic E-state index is 11.5. The smallest absolute Gasteiger partial charge is 0.234 e. The number of ether oxygens (including phenoxy) is 2. The fraction of sp³-hybridized carbons (Fsp3) is 0.316. The lowest BCUT2D eigenvalue weighted by Gasteiger charge is -2.22. The molecule has 5 heteroatoms. The lowest BCUT2D eigenvalue weighted by molar-refractivity contribution is -0.122. The molecule has 0 bridgehead atoms. The van der Waals surface area contributed by atoms with Gasteiger partial charge in [0.2, 0.25) is 5.91 Å². The van der Waals surface area contributed by atoms with E-state index in [1.165, 1.54) is 0 Å². The molecular weight excluding hydrogens is 304 g/mol. The number of carbonyl (C=O) groups excluding carboxylic acids is 1. The first-order valence-electron chi connectivity index (χ1n) is 8.10. The van der Waals surface area contributed by atoms with Crippen LogP contribution in [0.25, 0.3) is 0 Å². The summed E-state index contributed by atoms with van der Waals surface area (Å²) in [6, 6.07) is 15.3. The van der Waals surface area contributed by atoms with Crippen LogP contribution in [0.3, 0.4) is 0 Å². The fourth-order valence-electron chi connectivity index (χ4n) is 3.11. The summed E-state index contributed by atoms with van der Waals surface area (Å²) in [5.41, 5.74) is 6.58. The normalized spacial score (nSPS) is 17.6. The number of primary amides is 1. The number of para-hydroxylation sites is 2. The Balaban J connectivity index is 1.73. The third-order valence-electron chi connectivity index (χ3n) is 4.27. The van der Waals surface area contributed by atoms with E-state index in [9.17, 15) is 4.79 Å². The number of nitrogens with zero attached hydrogens (tertiary/aromatic N) is 1. The molecule has 1 amide bonds. The number of likely N-dealkylation sites (tertiary alicyclic amines) is 1. The SMILES string of the molecule is COc1ccccc1Oc1cccc(CN2CCCC2C(N)=O)c1. The van der Waals surface area contributed by atoms with Crippen molar-refractivity contribution < 1.29 is 14.3 Å². The van der Waals surface area contributed by atoms with Crippen LogP contribution < -0.4 is 15.2 Å². The van der Waals surface area contributed by atoms with E-state index in [1.54, 1.807) is 7.11 Å². The molecule has 0 aromatic heterocycles. The summed E-state index contributed by atoms with van der Waals surface area (Å²) in [5, 5.41) is 0. The number of amides is 1. The van der Waals surface area contributed by atoms with Crippen LogP contribution in [0.15, 0.2) is 48.5 Å². The van der Waals surface area contributed by atoms with Crippen LogP contribution in [0.4, 0.5) is 0 Å². The number of methoxy groups -OCH3 is 1. The summed E-state index contributed by atoms with van der Waals surface area (Å²) in [5.74, 6) is 1.87. The average Bonchev–Trinajstić information content (AvgIpc) is 3.04. The first-order valence-corrected chi connectivity index (χ1v) is 8.10. The molecule has 0 aliphatic carbocycles. The summed E-state index contributed by atoms with van der Waals surface area (Å²) < 4.78 is 11.3. The average molecular weight is 326 g/mol. The van der Waals surface area contributed by atoms with Gasteiger partial charge in [-0.1, -0.05) is 24.3 Å². The lowest BCUT2D eigenvalue weighted by atomic mass is 10.1. The zero-order valence-corrected chi connectivity index (χ0v) is 13.8. The summed E-state index contributed by atoms with van der Waals surface area (Å²) in [6.07, 6.45) is 1.84. The van der Waals surface area contributed by atoms with E-state index in [-0.39, 0.29) is 11.9 Å². The van der Waals surface area contributed by atoms with Crippen molar-refractivity contribution in [1.29, 1.82) is 0 Å². The first-order chi connectivity index (χ1) is 11.7. The predicted molar refractivity (Wildman–Crippen MR) is 92.1 cm³/mol. The van der Waals surface area contributed by atoms with Gasteiger partial charge in [-0.3, -0.25) is 9.69 Å². The van der Waals surface area contributed by atoms with Gasteiger partial charge < -0.3 is 15.2 Å². The summed E-state index contributed by atoms with van der Waals surface area (Å²) in [7, 11) is 1.62. The van der Waals surface area contributed by atoms with Gasteiger partial charge in [-0.05, 0) is 49.2 Å². The Kier molecular flexibility index (Phi) is 5.01. The topological polar surface area (TPSA) is 64.8 Å². The Morgan fingerprint density at radius 2 is 2.00 bits per heavy atom. The van der Waals surface area contributed by atoms with E-state index in [2.05, 4.69) is 4.90 Å². The third kappa shape index (κ3) is 3.68. The van der Waals surface area contributed by atoms with Crippen molar-refractivity contribution >= 4 is 5.91 Å². The fourth-order valence-corrected chi connectivity index (χ4v) is 3.11. The monoisotopic (exact) mass is 326 g/mol. The highest BCUT2D eigenvalue weighted by Crippen LogP contribution is 2.31. The van der Waals surface area contributed by atoms with Crippen molar-refractivity contribution in [2.75, 3.05) is 13.7 Å². The summed E-state index contributed by atoms with van der Waals surface area (Å²) in [4.78, 5) is 13.7. The number of hydrogen-bond acceptors (Lipinski definition) is 4. The van der Waals surface area contributed by atoms with Crippen LogP contribution in [0.1, 0.15) is 18.4 Å². The van der Waals surface area contributed by atoms with Gasteiger partial charge in [0.1, 0.15) is 5.75 Å². The number of hydrogen-bond donors (Lipinski definition) is 1. The zero-order valence-electron chi connectivity index (χ0n) is 13.8. The molecule has 1 fully saturated rings. The van der Waals surface area contributed by atoms with Crippen molar-refractivity contribution in [2.24, 2.45) is 5.73 Å². The van der Waals surface area contributed by atoms with Gasteiger partial charge in [0, 0.05) is 6.54 Å². The van der Waals surface area contributed by atoms with Crippen LogP contribution in [-0.4, -0.2) is 30.5 Å². The van der Waals surface area contributed by atoms with Crippen molar-refractivity contribution in [2.45, 2.75) is 25.4 Å². The van der Waals surface area contributed by atoms with Crippen LogP contribution in [0, 0.1) is 0 Å². The molecule has 1 unspecified atom stereocenters. The van der Waals surface area contributed by atoms with Crippen molar-refractivity contribution in [1.82, 2.24) is 4.90 Å². The second-order valence-electron chi connectivity index (χ2n) is 5.93. The molecule has 0 saturated carbocycles. The number of nitrogens with two attached hydrogens (primary N) is 1. The number of rotatable bonds is 6. The van der Waals surface area contributed by atoms with Gasteiger partial charge in [-0.25, -0.2) is 0 Å². The Bertz CT molecular complexity index is 717. The van der Waals surface area contributed by atoms with Crippen LogP contribution in [0.2, 0.25) is 0 Å². The molecule has 1 heterocycles. The van der Waals surface area contributed by atoms with Gasteiger partial charge in [0.25, 0.3) is 0 Å². The van der Waals surface area contributed by atoms with E-state index < -0.39 is 0 Å². The van der Waals surface area contributed by atoms with Gasteiger partial charge in [0.05, 0.1) is 13.2 Å². The Morgan fingerprint density at radius 3 is 2.75 bits per heavy atom. The quantitative estimate of drug-likeness (QED) is 0.886. The molecule has 24 heavy (non-hydrogen) atoms. The maximum absolute atomic E-state index is 11.5. The lowest BCUT2D eigenvalue weighted by Crippen LogP contribution is -2.39. The van der Waals surface area contributed by atoms with Crippen molar-refractivity contribution in [3.63, 3.8) is 0 Å². The van der Waals surface area contributed by atoms with Gasteiger partial charge >= 0.3 is 0 Å². The van der Waals surface area contributed by atoms with Gasteiger partial charge in [-0.15, -0.1) is 0 Å². The van der Waals surface area contributed by atoms with Crippen molar-refractivity contribution in [3.8, 4) is 17.2 Å². The van der Waals surface area contributed by atoms with Gasteiger partial charge in [0.15, 0.2) is 11.5 Å². The van der Waals surface area contributed by atoms with E-state index in [0.29, 0.717) is 18.0 Å². The number of benzene rings is 2. The molecule has 5 nitrogen and oxygen atoms in total. The van der Waals surface area contributed by atoms with E-state index >= 15 is 0 Å². The standard InChI is InChI=1S/C19H22N2O3/c1-23-17-9-2-3-10-18(17)24-15-7-4-6-14(12-15)13-21-11-5-8-16(21)19(20)22/h2-4,6-7,9-10,12,16H,5,8,11,13H2,1H3,(H2,20,22). The molecule has 2 aromatic carbocycles. The van der Waals surface area contributed by atoms with Crippen molar-refractivity contribution in [3.05, 3.63) is 54.1 Å². The molecule has 2 aromatic rings. The molecule has 1 saturated heterocycles. The molecule has 1 aliphatic heterocycles. The minimum absolute atomic E-state index is 0.163. The molecule has 3 rings (SSSR count). The highest BCUT2D eigenvalue weighted by molar-refractivity contribution is 5.80. The summed E-state index contributed by atoms with van der Waals surface area (Å²) >= 11 is 0. The molecule has 1 atom stereocenters. The predicted octanol–water partition coefficient (Wildman–Crippen LogP) is 2.94. The third-order valence-corrected chi connectivity index (χ3v) is 4.27. The highest BCUT2D eigenvalue weighted by Gasteiger charge is 2.28. The highest BCUT2D eigenvalue weighted by atomic mass is 16.5. The Morgan fingerprint density at radius 1 is 1.21 bits per heavy atom.